The molecule has 5 nitrogen and oxygen atoms in total. The minimum absolute atomic E-state index is 0. The highest BCUT2D eigenvalue weighted by Crippen LogP contribution is 2.18. The van der Waals surface area contributed by atoms with Gasteiger partial charge < -0.3 is 10.6 Å². The smallest absolute Gasteiger partial charge is 0.191 e. The summed E-state index contributed by atoms with van der Waals surface area (Å²) in [6.45, 7) is 3.78. The quantitative estimate of drug-likeness (QED) is 0.432. The van der Waals surface area contributed by atoms with E-state index in [4.69, 9.17) is 0 Å². The van der Waals surface area contributed by atoms with Crippen molar-refractivity contribution in [3.05, 3.63) is 0 Å². The normalized spacial score (nSPS) is 17.3. The first-order valence-electron chi connectivity index (χ1n) is 5.43. The number of nitrogens with one attached hydrogen (secondary N) is 2. The first-order chi connectivity index (χ1) is 7.26. The molecule has 17 heavy (non-hydrogen) atoms. The van der Waals surface area contributed by atoms with E-state index in [1.54, 1.807) is 20.9 Å². The number of rotatable bonds is 4. The Labute approximate surface area is 121 Å². The van der Waals surface area contributed by atoms with E-state index in [2.05, 4.69) is 15.6 Å². The van der Waals surface area contributed by atoms with E-state index < -0.39 is 14.6 Å². The first kappa shape index (κ1) is 16.9. The van der Waals surface area contributed by atoms with Gasteiger partial charge in [-0.1, -0.05) is 0 Å². The second kappa shape index (κ2) is 6.21. The third-order valence-electron chi connectivity index (χ3n) is 2.83. The molecule has 1 aliphatic carbocycles. The average molecular weight is 375 g/mol. The van der Waals surface area contributed by atoms with Gasteiger partial charge >= 0.3 is 0 Å². The number of nitrogens with zero attached hydrogens (tertiary/aromatic N) is 1. The largest absolute Gasteiger partial charge is 0.355 e. The van der Waals surface area contributed by atoms with Crippen molar-refractivity contribution in [1.82, 2.24) is 10.6 Å². The molecule has 0 radical (unpaired) electrons. The lowest BCUT2D eigenvalue weighted by Gasteiger charge is -2.24. The Balaban J connectivity index is 0.00000256. The molecule has 0 aliphatic heterocycles. The summed E-state index contributed by atoms with van der Waals surface area (Å²) in [4.78, 5) is 4.05. The van der Waals surface area contributed by atoms with Crippen LogP contribution in [0.5, 0.6) is 0 Å². The number of sulfone groups is 1. The van der Waals surface area contributed by atoms with Gasteiger partial charge in [0.1, 0.15) is 0 Å². The summed E-state index contributed by atoms with van der Waals surface area (Å²) in [5.41, 5.74) is 0. The van der Waals surface area contributed by atoms with E-state index in [-0.39, 0.29) is 24.0 Å². The molecular weight excluding hydrogens is 353 g/mol. The zero-order valence-corrected chi connectivity index (χ0v) is 13.9. The van der Waals surface area contributed by atoms with Gasteiger partial charge in [-0.05, 0) is 26.7 Å². The molecule has 0 unspecified atom stereocenters. The lowest BCUT2D eigenvalue weighted by Crippen LogP contribution is -2.48. The van der Waals surface area contributed by atoms with Crippen LogP contribution in [0.4, 0.5) is 0 Å². The van der Waals surface area contributed by atoms with E-state index in [0.29, 0.717) is 18.5 Å². The Bertz CT molecular complexity index is 375. The molecule has 0 saturated heterocycles. The van der Waals surface area contributed by atoms with E-state index in [9.17, 15) is 8.42 Å². The number of hydrogen-bond acceptors (Lipinski definition) is 3. The van der Waals surface area contributed by atoms with Crippen LogP contribution in [0.2, 0.25) is 0 Å². The van der Waals surface area contributed by atoms with Gasteiger partial charge in [-0.25, -0.2) is 8.42 Å². The Morgan fingerprint density at radius 3 is 2.29 bits per heavy atom. The first-order valence-corrected chi connectivity index (χ1v) is 7.32. The van der Waals surface area contributed by atoms with E-state index in [1.807, 2.05) is 0 Å². The Morgan fingerprint density at radius 2 is 1.94 bits per heavy atom. The highest BCUT2D eigenvalue weighted by molar-refractivity contribution is 14.0. The Morgan fingerprint density at radius 1 is 1.41 bits per heavy atom. The van der Waals surface area contributed by atoms with Crippen molar-refractivity contribution in [3.8, 4) is 0 Å². The van der Waals surface area contributed by atoms with Crippen molar-refractivity contribution >= 4 is 39.8 Å². The fourth-order valence-corrected chi connectivity index (χ4v) is 1.38. The van der Waals surface area contributed by atoms with Gasteiger partial charge in [0.2, 0.25) is 0 Å². The Kier molecular flexibility index (Phi) is 6.20. The molecule has 0 aromatic carbocycles. The van der Waals surface area contributed by atoms with Crippen LogP contribution in [-0.4, -0.2) is 45.0 Å². The molecule has 0 amide bonds. The number of guanidine groups is 1. The van der Waals surface area contributed by atoms with Crippen molar-refractivity contribution in [3.63, 3.8) is 0 Å². The fourth-order valence-electron chi connectivity index (χ4n) is 1.04. The molecule has 7 heteroatoms. The summed E-state index contributed by atoms with van der Waals surface area (Å²) in [6.07, 6.45) is 3.58. The molecule has 2 N–H and O–H groups in total. The van der Waals surface area contributed by atoms with Crippen LogP contribution in [0, 0.1) is 0 Å². The summed E-state index contributed by atoms with van der Waals surface area (Å²) in [7, 11) is -1.38. The maximum absolute atomic E-state index is 11.5. The van der Waals surface area contributed by atoms with Gasteiger partial charge in [0, 0.05) is 25.9 Å². The summed E-state index contributed by atoms with van der Waals surface area (Å²) >= 11 is 0. The van der Waals surface area contributed by atoms with Gasteiger partial charge in [-0.15, -0.1) is 24.0 Å². The van der Waals surface area contributed by atoms with Crippen molar-refractivity contribution < 1.29 is 8.42 Å². The monoisotopic (exact) mass is 375 g/mol. The topological polar surface area (TPSA) is 70.6 Å². The second-order valence-electron chi connectivity index (χ2n) is 4.88. The van der Waals surface area contributed by atoms with Crippen molar-refractivity contribution in [1.29, 1.82) is 0 Å². The summed E-state index contributed by atoms with van der Waals surface area (Å²) in [5.74, 6) is 0.680. The Hall–Kier alpha value is -0.0500. The maximum Gasteiger partial charge on any atom is 0.191 e. The van der Waals surface area contributed by atoms with Crippen LogP contribution in [-0.2, 0) is 9.84 Å². The third-order valence-corrected chi connectivity index (χ3v) is 4.98. The second-order valence-corrected chi connectivity index (χ2v) is 7.53. The van der Waals surface area contributed by atoms with E-state index >= 15 is 0 Å². The van der Waals surface area contributed by atoms with Gasteiger partial charge in [0.05, 0.1) is 4.75 Å². The highest BCUT2D eigenvalue weighted by atomic mass is 127. The number of aliphatic imine (C=N–C) groups is 1. The standard InChI is InChI=1S/C10H21N3O2S.HI/c1-10(2,16(4,14)15)7-12-9(11-3)13-8-5-6-8;/h8H,5-7H2,1-4H3,(H2,11,12,13);1H. The number of halogens is 1. The van der Waals surface area contributed by atoms with Gasteiger partial charge in [-0.2, -0.15) is 0 Å². The molecule has 1 rings (SSSR count). The minimum atomic E-state index is -3.06. The van der Waals surface area contributed by atoms with Crippen molar-refractivity contribution in [2.24, 2.45) is 4.99 Å². The van der Waals surface area contributed by atoms with Crippen LogP contribution in [0.15, 0.2) is 4.99 Å². The predicted molar refractivity (Wildman–Crippen MR) is 81.9 cm³/mol. The molecule has 0 aromatic heterocycles. The van der Waals surface area contributed by atoms with Crippen LogP contribution < -0.4 is 10.6 Å². The molecule has 102 valence electrons. The SMILES string of the molecule is CN=C(NCC(C)(C)S(C)(=O)=O)NC1CC1.I. The van der Waals surface area contributed by atoms with Gasteiger partial charge in [-0.3, -0.25) is 4.99 Å². The molecule has 1 aliphatic rings. The molecule has 0 spiro atoms. The summed E-state index contributed by atoms with van der Waals surface area (Å²) in [6, 6.07) is 0.507. The maximum atomic E-state index is 11.5. The van der Waals surface area contributed by atoms with Crippen molar-refractivity contribution in [2.75, 3.05) is 19.8 Å². The van der Waals surface area contributed by atoms with Crippen LogP contribution in [0.3, 0.4) is 0 Å². The highest BCUT2D eigenvalue weighted by Gasteiger charge is 2.30. The molecular formula is C10H22IN3O2S. The summed E-state index contributed by atoms with van der Waals surface area (Å²) in [5, 5.41) is 6.26. The summed E-state index contributed by atoms with van der Waals surface area (Å²) < 4.78 is 22.2. The van der Waals surface area contributed by atoms with Crippen molar-refractivity contribution in [2.45, 2.75) is 37.5 Å². The fraction of sp³-hybridized carbons (Fsp3) is 0.900. The predicted octanol–water partition coefficient (Wildman–Crippen LogP) is 0.755. The third kappa shape index (κ3) is 5.41. The molecule has 1 saturated carbocycles. The van der Waals surface area contributed by atoms with Gasteiger partial charge in [0.25, 0.3) is 0 Å². The molecule has 0 bridgehead atoms. The van der Waals surface area contributed by atoms with E-state index in [1.165, 1.54) is 6.26 Å². The zero-order valence-electron chi connectivity index (χ0n) is 10.8. The molecule has 0 atom stereocenters. The van der Waals surface area contributed by atoms with Gasteiger partial charge in [0.15, 0.2) is 15.8 Å². The number of hydrogen-bond donors (Lipinski definition) is 2. The van der Waals surface area contributed by atoms with Crippen LogP contribution >= 0.6 is 24.0 Å². The molecule has 1 fully saturated rings. The average Bonchev–Trinajstić information content (AvgIpc) is 2.94. The lowest BCUT2D eigenvalue weighted by atomic mass is 10.2. The van der Waals surface area contributed by atoms with Crippen LogP contribution in [0.1, 0.15) is 26.7 Å². The molecule has 0 aromatic rings. The minimum Gasteiger partial charge on any atom is -0.355 e. The lowest BCUT2D eigenvalue weighted by molar-refractivity contribution is 0.544. The molecule has 0 heterocycles. The van der Waals surface area contributed by atoms with E-state index in [0.717, 1.165) is 12.8 Å². The van der Waals surface area contributed by atoms with Crippen LogP contribution in [0.25, 0.3) is 0 Å². The zero-order chi connectivity index (χ0) is 12.4.